The molecule has 0 N–H and O–H groups in total. The van der Waals surface area contributed by atoms with E-state index in [-0.39, 0.29) is 0 Å². The van der Waals surface area contributed by atoms with Gasteiger partial charge in [0.15, 0.2) is 0 Å². The highest BCUT2D eigenvalue weighted by Gasteiger charge is 2.20. The molecule has 0 unspecified atom stereocenters. The number of hydrogen-bond donors (Lipinski definition) is 0. The zero-order valence-electron chi connectivity index (χ0n) is 34.4. The SMILES string of the molecule is c1ccc(-c2cccc(N(c3ccc(-c4cccc5c4oc4ccccc45)cc3)c3ccccc3-c3cccc(-c4ccccc4-n4c5ccccc5c5ccccc54)c3)c2)cc1. The molecule has 0 spiro atoms. The van der Waals surface area contributed by atoms with Crippen LogP contribution in [0.15, 0.2) is 247 Å². The highest BCUT2D eigenvalue weighted by atomic mass is 16.3. The molecule has 12 rings (SSSR count). The molecule has 0 saturated carbocycles. The van der Waals surface area contributed by atoms with Crippen LogP contribution in [0.3, 0.4) is 0 Å². The van der Waals surface area contributed by atoms with E-state index >= 15 is 0 Å². The van der Waals surface area contributed by atoms with Gasteiger partial charge in [-0.25, -0.2) is 0 Å². The van der Waals surface area contributed by atoms with Crippen molar-refractivity contribution in [1.29, 1.82) is 0 Å². The van der Waals surface area contributed by atoms with Gasteiger partial charge in [0.1, 0.15) is 11.2 Å². The monoisotopic (exact) mass is 804 g/mol. The number of anilines is 3. The van der Waals surface area contributed by atoms with E-state index in [1.165, 1.54) is 32.9 Å². The third-order valence-electron chi connectivity index (χ3n) is 12.4. The van der Waals surface area contributed by atoms with Gasteiger partial charge in [0.05, 0.1) is 22.4 Å². The summed E-state index contributed by atoms with van der Waals surface area (Å²) in [5.41, 5.74) is 17.7. The topological polar surface area (TPSA) is 21.3 Å². The van der Waals surface area contributed by atoms with Gasteiger partial charge in [-0.05, 0) is 88.5 Å². The Labute approximate surface area is 366 Å². The molecule has 0 saturated heterocycles. The summed E-state index contributed by atoms with van der Waals surface area (Å²) in [6, 6.07) is 87.1. The van der Waals surface area contributed by atoms with Gasteiger partial charge < -0.3 is 13.9 Å². The molecule has 0 atom stereocenters. The lowest BCUT2D eigenvalue weighted by Gasteiger charge is -2.28. The highest BCUT2D eigenvalue weighted by molar-refractivity contribution is 6.11. The van der Waals surface area contributed by atoms with Crippen LogP contribution >= 0.6 is 0 Å². The Kier molecular flexibility index (Phi) is 8.83. The zero-order valence-corrected chi connectivity index (χ0v) is 34.4. The van der Waals surface area contributed by atoms with Crippen molar-refractivity contribution in [2.45, 2.75) is 0 Å². The van der Waals surface area contributed by atoms with Crippen molar-refractivity contribution < 1.29 is 4.42 Å². The van der Waals surface area contributed by atoms with E-state index in [1.54, 1.807) is 0 Å². The minimum absolute atomic E-state index is 0.900. The number of fused-ring (bicyclic) bond motifs is 6. The fourth-order valence-corrected chi connectivity index (χ4v) is 9.51. The second-order valence-electron chi connectivity index (χ2n) is 16.1. The first-order valence-electron chi connectivity index (χ1n) is 21.5. The number of hydrogen-bond acceptors (Lipinski definition) is 2. The Hall–Kier alpha value is -8.40. The number of rotatable bonds is 8. The average molecular weight is 805 g/mol. The van der Waals surface area contributed by atoms with Crippen LogP contribution in [-0.4, -0.2) is 4.57 Å². The van der Waals surface area contributed by atoms with E-state index in [2.05, 4.69) is 240 Å². The third-order valence-corrected chi connectivity index (χ3v) is 12.4. The van der Waals surface area contributed by atoms with Gasteiger partial charge in [-0.3, -0.25) is 0 Å². The molecule has 2 aromatic heterocycles. The van der Waals surface area contributed by atoms with Crippen molar-refractivity contribution in [2.24, 2.45) is 0 Å². The molecule has 296 valence electrons. The van der Waals surface area contributed by atoms with Gasteiger partial charge in [0, 0.05) is 49.6 Å². The van der Waals surface area contributed by atoms with Crippen LogP contribution in [0.1, 0.15) is 0 Å². The summed E-state index contributed by atoms with van der Waals surface area (Å²) in [5.74, 6) is 0. The molecule has 12 aromatic rings. The fraction of sp³-hybridized carbons (Fsp3) is 0. The summed E-state index contributed by atoms with van der Waals surface area (Å²) in [5, 5.41) is 4.76. The predicted octanol–water partition coefficient (Wildman–Crippen LogP) is 16.8. The molecule has 0 aliphatic carbocycles. The van der Waals surface area contributed by atoms with Crippen LogP contribution in [0, 0.1) is 0 Å². The maximum atomic E-state index is 6.47. The Morgan fingerprint density at radius 1 is 0.317 bits per heavy atom. The Bertz CT molecular complexity index is 3580. The Morgan fingerprint density at radius 3 is 1.67 bits per heavy atom. The van der Waals surface area contributed by atoms with Gasteiger partial charge >= 0.3 is 0 Å². The smallest absolute Gasteiger partial charge is 0.143 e. The van der Waals surface area contributed by atoms with Crippen LogP contribution in [-0.2, 0) is 0 Å². The maximum absolute atomic E-state index is 6.47. The van der Waals surface area contributed by atoms with Crippen molar-refractivity contribution >= 4 is 60.8 Å². The highest BCUT2D eigenvalue weighted by Crippen LogP contribution is 2.44. The maximum Gasteiger partial charge on any atom is 0.143 e. The van der Waals surface area contributed by atoms with Crippen LogP contribution in [0.5, 0.6) is 0 Å². The largest absolute Gasteiger partial charge is 0.455 e. The minimum atomic E-state index is 0.900. The summed E-state index contributed by atoms with van der Waals surface area (Å²) in [6.45, 7) is 0. The lowest BCUT2D eigenvalue weighted by molar-refractivity contribution is 0.670. The fourth-order valence-electron chi connectivity index (χ4n) is 9.51. The first kappa shape index (κ1) is 36.5. The van der Waals surface area contributed by atoms with Crippen LogP contribution in [0.2, 0.25) is 0 Å². The summed E-state index contributed by atoms with van der Waals surface area (Å²) in [6.07, 6.45) is 0. The van der Waals surface area contributed by atoms with Crippen molar-refractivity contribution in [3.05, 3.63) is 243 Å². The van der Waals surface area contributed by atoms with Gasteiger partial charge in [0.2, 0.25) is 0 Å². The zero-order chi connectivity index (χ0) is 41.7. The van der Waals surface area contributed by atoms with Crippen LogP contribution < -0.4 is 4.90 Å². The predicted molar refractivity (Wildman–Crippen MR) is 264 cm³/mol. The van der Waals surface area contributed by atoms with Crippen molar-refractivity contribution in [3.63, 3.8) is 0 Å². The number of nitrogens with zero attached hydrogens (tertiary/aromatic N) is 2. The Morgan fingerprint density at radius 2 is 0.873 bits per heavy atom. The first-order chi connectivity index (χ1) is 31.3. The Balaban J connectivity index is 0.999. The van der Waals surface area contributed by atoms with E-state index in [4.69, 9.17) is 4.42 Å². The summed E-state index contributed by atoms with van der Waals surface area (Å²) in [4.78, 5) is 2.39. The number of para-hydroxylation sites is 6. The molecule has 2 heterocycles. The lowest BCUT2D eigenvalue weighted by atomic mass is 9.96. The second-order valence-corrected chi connectivity index (χ2v) is 16.1. The molecule has 0 aliphatic heterocycles. The third kappa shape index (κ3) is 6.29. The first-order valence-corrected chi connectivity index (χ1v) is 21.5. The molecule has 0 fully saturated rings. The molecular formula is C60H40N2O. The standard InChI is InChI=1S/C60H40N2O/c1-2-17-41(18-3-1)43-19-15-22-47(40-43)61(46-37-35-42(36-38-46)50-28-16-29-54-53-27-8-13-34-59(53)63-60(50)54)55-30-9-4-23-48(55)44-20-14-21-45(39-44)49-24-5-10-31-56(49)62-57-32-11-6-25-51(57)52-26-7-12-33-58(52)62/h1-40H. The number of furan rings is 1. The van der Waals surface area contributed by atoms with Gasteiger partial charge in [-0.1, -0.05) is 182 Å². The molecule has 3 nitrogen and oxygen atoms in total. The van der Waals surface area contributed by atoms with Crippen LogP contribution in [0.4, 0.5) is 17.1 Å². The van der Waals surface area contributed by atoms with Gasteiger partial charge in [-0.15, -0.1) is 0 Å². The molecule has 10 aromatic carbocycles. The molecule has 63 heavy (non-hydrogen) atoms. The van der Waals surface area contributed by atoms with Crippen molar-refractivity contribution in [2.75, 3.05) is 4.90 Å². The second kappa shape index (κ2) is 15.3. The number of benzene rings is 10. The van der Waals surface area contributed by atoms with Crippen LogP contribution in [0.25, 0.3) is 93.9 Å². The van der Waals surface area contributed by atoms with E-state index in [0.29, 0.717) is 0 Å². The quantitative estimate of drug-likeness (QED) is 0.153. The lowest BCUT2D eigenvalue weighted by Crippen LogP contribution is -2.11. The molecule has 0 radical (unpaired) electrons. The summed E-state index contributed by atoms with van der Waals surface area (Å²) >= 11 is 0. The summed E-state index contributed by atoms with van der Waals surface area (Å²) in [7, 11) is 0. The minimum Gasteiger partial charge on any atom is -0.455 e. The summed E-state index contributed by atoms with van der Waals surface area (Å²) < 4.78 is 8.89. The molecular weight excluding hydrogens is 765 g/mol. The van der Waals surface area contributed by atoms with Gasteiger partial charge in [0.25, 0.3) is 0 Å². The molecule has 0 aliphatic rings. The van der Waals surface area contributed by atoms with E-state index in [0.717, 1.165) is 78.1 Å². The van der Waals surface area contributed by atoms with E-state index < -0.39 is 0 Å². The van der Waals surface area contributed by atoms with Crippen molar-refractivity contribution in [3.8, 4) is 50.2 Å². The van der Waals surface area contributed by atoms with Gasteiger partial charge in [-0.2, -0.15) is 0 Å². The van der Waals surface area contributed by atoms with E-state index in [1.807, 2.05) is 12.1 Å². The van der Waals surface area contributed by atoms with E-state index in [9.17, 15) is 0 Å². The molecule has 0 bridgehead atoms. The molecule has 0 amide bonds. The molecule has 3 heteroatoms. The normalized spacial score (nSPS) is 11.5. The average Bonchev–Trinajstić information content (AvgIpc) is 3.91. The van der Waals surface area contributed by atoms with Crippen molar-refractivity contribution in [1.82, 2.24) is 4.57 Å². The number of aromatic nitrogens is 1.